The van der Waals surface area contributed by atoms with Gasteiger partial charge in [0.2, 0.25) is 0 Å². The largest absolute Gasteiger partial charge is 0.305 e. The van der Waals surface area contributed by atoms with E-state index < -0.39 is 0 Å². The van der Waals surface area contributed by atoms with Crippen LogP contribution < -0.4 is 0 Å². The fourth-order valence-electron chi connectivity index (χ4n) is 1.68. The molecule has 0 bridgehead atoms. The van der Waals surface area contributed by atoms with Crippen LogP contribution in [-0.4, -0.2) is 12.0 Å². The third-order valence-corrected chi connectivity index (χ3v) is 2.56. The maximum Gasteiger partial charge on any atom is 0.173 e. The van der Waals surface area contributed by atoms with Crippen molar-refractivity contribution in [1.82, 2.24) is 0 Å². The lowest BCUT2D eigenvalue weighted by molar-refractivity contribution is -0.112. The average Bonchev–Trinajstić information content (AvgIpc) is 2.17. The fraction of sp³-hybridized carbons (Fsp3) is 0.833. The second-order valence-corrected chi connectivity index (χ2v) is 4.10. The van der Waals surface area contributed by atoms with Crippen LogP contribution in [0.25, 0.3) is 0 Å². The normalized spacial score (nSPS) is 12.4. The van der Waals surface area contributed by atoms with Crippen LogP contribution in [0.1, 0.15) is 58.8 Å². The van der Waals surface area contributed by atoms with Gasteiger partial charge < -0.3 is 5.41 Å². The summed E-state index contributed by atoms with van der Waals surface area (Å²) in [5.41, 5.74) is 0. The summed E-state index contributed by atoms with van der Waals surface area (Å²) in [4.78, 5) is 10.8. The lowest BCUT2D eigenvalue weighted by atomic mass is 9.98. The molecule has 0 aliphatic heterocycles. The van der Waals surface area contributed by atoms with E-state index in [1.54, 1.807) is 0 Å². The fourth-order valence-corrected chi connectivity index (χ4v) is 1.68. The molecule has 2 heteroatoms. The number of nitrogens with one attached hydrogen (secondary N) is 1. The zero-order valence-electron chi connectivity index (χ0n) is 9.51. The van der Waals surface area contributed by atoms with Crippen LogP contribution in [0.3, 0.4) is 0 Å². The van der Waals surface area contributed by atoms with E-state index in [-0.39, 0.29) is 5.78 Å². The molecule has 1 unspecified atom stereocenters. The van der Waals surface area contributed by atoms with Gasteiger partial charge in [-0.05, 0) is 12.3 Å². The molecule has 0 saturated carbocycles. The Labute approximate surface area is 87.6 Å². The van der Waals surface area contributed by atoms with Gasteiger partial charge in [-0.3, -0.25) is 4.79 Å². The molecular formula is C12H23NO. The Bertz CT molecular complexity index is 166. The van der Waals surface area contributed by atoms with Crippen molar-refractivity contribution >= 4 is 12.0 Å². The highest BCUT2D eigenvalue weighted by Gasteiger charge is 2.01. The van der Waals surface area contributed by atoms with E-state index in [9.17, 15) is 4.79 Å². The number of unbranched alkanes of at least 4 members (excludes halogenated alkanes) is 2. The van der Waals surface area contributed by atoms with Crippen LogP contribution in [0.5, 0.6) is 0 Å². The molecule has 1 N–H and O–H groups in total. The van der Waals surface area contributed by atoms with E-state index in [4.69, 9.17) is 5.41 Å². The van der Waals surface area contributed by atoms with Crippen LogP contribution in [0.15, 0.2) is 0 Å². The van der Waals surface area contributed by atoms with Gasteiger partial charge in [0.05, 0.1) is 6.21 Å². The summed E-state index contributed by atoms with van der Waals surface area (Å²) in [6, 6.07) is 0. The lowest BCUT2D eigenvalue weighted by Gasteiger charge is -2.08. The molecule has 0 aromatic rings. The Hall–Kier alpha value is -0.660. The van der Waals surface area contributed by atoms with Crippen molar-refractivity contribution in [3.63, 3.8) is 0 Å². The summed E-state index contributed by atoms with van der Waals surface area (Å²) in [7, 11) is 0. The summed E-state index contributed by atoms with van der Waals surface area (Å²) in [6.07, 6.45) is 8.68. The van der Waals surface area contributed by atoms with E-state index in [1.165, 1.54) is 25.7 Å². The predicted octanol–water partition coefficient (Wildman–Crippen LogP) is 3.59. The zero-order chi connectivity index (χ0) is 10.8. The van der Waals surface area contributed by atoms with Gasteiger partial charge in [-0.2, -0.15) is 0 Å². The Morgan fingerprint density at radius 3 is 2.57 bits per heavy atom. The van der Waals surface area contributed by atoms with Crippen molar-refractivity contribution in [3.05, 3.63) is 0 Å². The highest BCUT2D eigenvalue weighted by molar-refractivity contribution is 6.26. The number of ketones is 1. The average molecular weight is 197 g/mol. The molecule has 82 valence electrons. The highest BCUT2D eigenvalue weighted by atomic mass is 16.1. The van der Waals surface area contributed by atoms with Crippen molar-refractivity contribution in [1.29, 1.82) is 5.41 Å². The Morgan fingerprint density at radius 2 is 2.00 bits per heavy atom. The number of hydrogen-bond acceptors (Lipinski definition) is 2. The van der Waals surface area contributed by atoms with E-state index in [0.717, 1.165) is 25.0 Å². The Balaban J connectivity index is 3.20. The molecule has 0 fully saturated rings. The van der Waals surface area contributed by atoms with Crippen LogP contribution in [-0.2, 0) is 4.79 Å². The third kappa shape index (κ3) is 7.96. The minimum atomic E-state index is -0.0355. The van der Waals surface area contributed by atoms with Gasteiger partial charge in [-0.15, -0.1) is 0 Å². The van der Waals surface area contributed by atoms with Gasteiger partial charge in [-0.25, -0.2) is 0 Å². The molecule has 0 spiro atoms. The zero-order valence-corrected chi connectivity index (χ0v) is 9.51. The summed E-state index contributed by atoms with van der Waals surface area (Å²) in [6.45, 7) is 4.52. The number of carbonyl (C=O) groups is 1. The van der Waals surface area contributed by atoms with Crippen molar-refractivity contribution in [2.75, 3.05) is 0 Å². The van der Waals surface area contributed by atoms with Gasteiger partial charge in [-0.1, -0.05) is 46.0 Å². The molecule has 0 heterocycles. The first-order valence-electron chi connectivity index (χ1n) is 5.74. The van der Waals surface area contributed by atoms with E-state index in [0.29, 0.717) is 6.42 Å². The number of hydrogen-bond donors (Lipinski definition) is 1. The molecule has 0 aromatic carbocycles. The minimum Gasteiger partial charge on any atom is -0.305 e. The van der Waals surface area contributed by atoms with Crippen LogP contribution in [0.4, 0.5) is 0 Å². The van der Waals surface area contributed by atoms with Crippen LogP contribution in [0, 0.1) is 11.3 Å². The molecule has 0 aromatic heterocycles. The van der Waals surface area contributed by atoms with Crippen molar-refractivity contribution in [2.24, 2.45) is 5.92 Å². The summed E-state index contributed by atoms with van der Waals surface area (Å²) >= 11 is 0. The van der Waals surface area contributed by atoms with Crippen LogP contribution in [0.2, 0.25) is 0 Å². The second kappa shape index (κ2) is 8.92. The molecule has 0 aliphatic rings. The van der Waals surface area contributed by atoms with E-state index in [2.05, 4.69) is 13.8 Å². The maximum absolute atomic E-state index is 10.8. The molecule has 0 rings (SSSR count). The Kier molecular flexibility index (Phi) is 8.50. The third-order valence-electron chi connectivity index (χ3n) is 2.56. The van der Waals surface area contributed by atoms with E-state index >= 15 is 0 Å². The maximum atomic E-state index is 10.8. The number of Topliss-reactive ketones (excluding diaryl/α,β-unsaturated/α-hetero) is 1. The number of rotatable bonds is 9. The molecule has 14 heavy (non-hydrogen) atoms. The first-order valence-corrected chi connectivity index (χ1v) is 5.74. The van der Waals surface area contributed by atoms with Gasteiger partial charge in [0.15, 0.2) is 5.78 Å². The van der Waals surface area contributed by atoms with Gasteiger partial charge in [0.25, 0.3) is 0 Å². The summed E-state index contributed by atoms with van der Waals surface area (Å²) < 4.78 is 0. The Morgan fingerprint density at radius 1 is 1.29 bits per heavy atom. The monoisotopic (exact) mass is 197 g/mol. The summed E-state index contributed by atoms with van der Waals surface area (Å²) in [5, 5.41) is 6.74. The van der Waals surface area contributed by atoms with Gasteiger partial charge in [0.1, 0.15) is 0 Å². The minimum absolute atomic E-state index is 0.0355. The molecular weight excluding hydrogens is 174 g/mol. The first-order chi connectivity index (χ1) is 6.70. The standard InChI is InChI=1S/C12H23NO/c1-3-7-11(2)8-5-4-6-9-12(14)10-13/h10-11,13H,3-9H2,1-2H3. The topological polar surface area (TPSA) is 40.9 Å². The number of carbonyl (C=O) groups excluding carboxylic acids is 1. The van der Waals surface area contributed by atoms with Gasteiger partial charge in [0, 0.05) is 6.42 Å². The molecule has 0 saturated heterocycles. The lowest BCUT2D eigenvalue weighted by Crippen LogP contribution is -1.98. The smallest absolute Gasteiger partial charge is 0.173 e. The van der Waals surface area contributed by atoms with Crippen molar-refractivity contribution in [2.45, 2.75) is 58.8 Å². The molecule has 0 radical (unpaired) electrons. The van der Waals surface area contributed by atoms with Crippen molar-refractivity contribution in [3.8, 4) is 0 Å². The van der Waals surface area contributed by atoms with Crippen molar-refractivity contribution < 1.29 is 4.79 Å². The van der Waals surface area contributed by atoms with E-state index in [1.807, 2.05) is 0 Å². The molecule has 1 atom stereocenters. The highest BCUT2D eigenvalue weighted by Crippen LogP contribution is 2.14. The van der Waals surface area contributed by atoms with Gasteiger partial charge >= 0.3 is 0 Å². The predicted molar refractivity (Wildman–Crippen MR) is 60.9 cm³/mol. The van der Waals surface area contributed by atoms with Crippen LogP contribution >= 0.6 is 0 Å². The molecule has 2 nitrogen and oxygen atoms in total. The second-order valence-electron chi connectivity index (χ2n) is 4.10. The summed E-state index contributed by atoms with van der Waals surface area (Å²) in [5.74, 6) is 0.796. The SMILES string of the molecule is CCCC(C)CCCCCC(=O)C=N. The quantitative estimate of drug-likeness (QED) is 0.445. The molecule has 0 aliphatic carbocycles. The molecule has 0 amide bonds. The first kappa shape index (κ1) is 13.3.